The molecule has 1 unspecified atom stereocenters. The van der Waals surface area contributed by atoms with E-state index in [2.05, 4.69) is 32.8 Å². The summed E-state index contributed by atoms with van der Waals surface area (Å²) in [4.78, 5) is 8.67. The zero-order valence-corrected chi connectivity index (χ0v) is 10.5. The highest BCUT2D eigenvalue weighted by molar-refractivity contribution is 5.25. The highest BCUT2D eigenvalue weighted by Crippen LogP contribution is 2.20. The summed E-state index contributed by atoms with van der Waals surface area (Å²) in [5.74, 6) is 1.04. The van der Waals surface area contributed by atoms with E-state index in [9.17, 15) is 0 Å². The Morgan fingerprint density at radius 2 is 2.18 bits per heavy atom. The van der Waals surface area contributed by atoms with E-state index in [1.165, 1.54) is 5.56 Å². The second-order valence-corrected chi connectivity index (χ2v) is 4.02. The number of nitrogens with zero attached hydrogens (tertiary/aromatic N) is 3. The van der Waals surface area contributed by atoms with E-state index >= 15 is 0 Å². The highest BCUT2D eigenvalue weighted by Gasteiger charge is 2.16. The van der Waals surface area contributed by atoms with Gasteiger partial charge in [0, 0.05) is 30.8 Å². The standard InChI is InChI=1S/C13H18N4/c1-4-17-8-7-16-13(17)12(14-3)11-5-6-15-10(2)9-11/h5-9,12,14H,4H2,1-3H3. The molecule has 2 rings (SSSR count). The monoisotopic (exact) mass is 230 g/mol. The van der Waals surface area contributed by atoms with Gasteiger partial charge in [0.2, 0.25) is 0 Å². The van der Waals surface area contributed by atoms with E-state index in [0.717, 1.165) is 18.1 Å². The molecular formula is C13H18N4. The van der Waals surface area contributed by atoms with Gasteiger partial charge in [-0.15, -0.1) is 0 Å². The number of rotatable bonds is 4. The molecule has 1 atom stereocenters. The van der Waals surface area contributed by atoms with E-state index in [-0.39, 0.29) is 6.04 Å². The SMILES string of the molecule is CCn1ccnc1C(NC)c1ccnc(C)c1. The molecule has 4 nitrogen and oxygen atoms in total. The maximum atomic E-state index is 4.44. The minimum Gasteiger partial charge on any atom is -0.334 e. The number of nitrogens with one attached hydrogen (secondary N) is 1. The largest absolute Gasteiger partial charge is 0.334 e. The van der Waals surface area contributed by atoms with E-state index < -0.39 is 0 Å². The van der Waals surface area contributed by atoms with Crippen LogP contribution in [0.2, 0.25) is 0 Å². The van der Waals surface area contributed by atoms with Gasteiger partial charge in [-0.1, -0.05) is 0 Å². The average Bonchev–Trinajstić information content (AvgIpc) is 2.78. The Balaban J connectivity index is 2.40. The lowest BCUT2D eigenvalue weighted by atomic mass is 10.1. The van der Waals surface area contributed by atoms with Crippen LogP contribution >= 0.6 is 0 Å². The van der Waals surface area contributed by atoms with Gasteiger partial charge in [-0.05, 0) is 38.6 Å². The van der Waals surface area contributed by atoms with Crippen LogP contribution in [0.15, 0.2) is 30.7 Å². The molecule has 0 fully saturated rings. The van der Waals surface area contributed by atoms with Crippen molar-refractivity contribution < 1.29 is 0 Å². The third-order valence-corrected chi connectivity index (χ3v) is 2.89. The average molecular weight is 230 g/mol. The molecule has 0 saturated heterocycles. The smallest absolute Gasteiger partial charge is 0.130 e. The Bertz CT molecular complexity index is 490. The molecule has 2 heterocycles. The minimum absolute atomic E-state index is 0.117. The van der Waals surface area contributed by atoms with Gasteiger partial charge in [0.1, 0.15) is 5.82 Å². The molecule has 0 radical (unpaired) electrons. The Kier molecular flexibility index (Phi) is 3.54. The van der Waals surface area contributed by atoms with Crippen molar-refractivity contribution in [2.24, 2.45) is 0 Å². The molecule has 1 N–H and O–H groups in total. The van der Waals surface area contributed by atoms with Crippen molar-refractivity contribution in [3.8, 4) is 0 Å². The zero-order valence-electron chi connectivity index (χ0n) is 10.5. The topological polar surface area (TPSA) is 42.7 Å². The Morgan fingerprint density at radius 3 is 2.82 bits per heavy atom. The van der Waals surface area contributed by atoms with Crippen LogP contribution in [0, 0.1) is 6.92 Å². The van der Waals surface area contributed by atoms with Crippen LogP contribution in [0.1, 0.15) is 30.0 Å². The van der Waals surface area contributed by atoms with Crippen LogP contribution in [0.25, 0.3) is 0 Å². The minimum atomic E-state index is 0.117. The number of aromatic nitrogens is 3. The number of hydrogen-bond acceptors (Lipinski definition) is 3. The Morgan fingerprint density at radius 1 is 1.35 bits per heavy atom. The molecule has 0 amide bonds. The molecule has 17 heavy (non-hydrogen) atoms. The first kappa shape index (κ1) is 11.8. The lowest BCUT2D eigenvalue weighted by molar-refractivity contribution is 0.589. The third kappa shape index (κ3) is 2.36. The van der Waals surface area contributed by atoms with Crippen molar-refractivity contribution >= 4 is 0 Å². The molecule has 0 aliphatic carbocycles. The molecule has 4 heteroatoms. The van der Waals surface area contributed by atoms with E-state index in [1.54, 1.807) is 0 Å². The number of pyridine rings is 1. The number of hydrogen-bond donors (Lipinski definition) is 1. The van der Waals surface area contributed by atoms with Crippen molar-refractivity contribution in [1.82, 2.24) is 19.9 Å². The first-order valence-electron chi connectivity index (χ1n) is 5.87. The van der Waals surface area contributed by atoms with Gasteiger partial charge in [0.25, 0.3) is 0 Å². The molecule has 0 aliphatic heterocycles. The van der Waals surface area contributed by atoms with Crippen LogP contribution in [0.5, 0.6) is 0 Å². The summed E-state index contributed by atoms with van der Waals surface area (Å²) in [6.07, 6.45) is 5.69. The highest BCUT2D eigenvalue weighted by atomic mass is 15.1. The van der Waals surface area contributed by atoms with E-state index in [0.29, 0.717) is 0 Å². The third-order valence-electron chi connectivity index (χ3n) is 2.89. The predicted octanol–water partition coefficient (Wildman–Crippen LogP) is 1.92. The molecule has 2 aromatic heterocycles. The lowest BCUT2D eigenvalue weighted by Crippen LogP contribution is -2.22. The Hall–Kier alpha value is -1.68. The predicted molar refractivity (Wildman–Crippen MR) is 67.8 cm³/mol. The molecule has 0 bridgehead atoms. The van der Waals surface area contributed by atoms with Crippen molar-refractivity contribution in [2.75, 3.05) is 7.05 Å². The quantitative estimate of drug-likeness (QED) is 0.872. The lowest BCUT2D eigenvalue weighted by Gasteiger charge is -2.17. The first-order chi connectivity index (χ1) is 8.26. The molecule has 90 valence electrons. The maximum absolute atomic E-state index is 4.44. The van der Waals surface area contributed by atoms with Crippen molar-refractivity contribution in [3.63, 3.8) is 0 Å². The van der Waals surface area contributed by atoms with Crippen LogP contribution in [-0.2, 0) is 6.54 Å². The summed E-state index contributed by atoms with van der Waals surface area (Å²) >= 11 is 0. The molecule has 0 aliphatic rings. The van der Waals surface area contributed by atoms with Crippen LogP contribution in [-0.4, -0.2) is 21.6 Å². The van der Waals surface area contributed by atoms with Gasteiger partial charge < -0.3 is 9.88 Å². The number of aryl methyl sites for hydroxylation is 2. The van der Waals surface area contributed by atoms with Crippen LogP contribution < -0.4 is 5.32 Å². The second-order valence-electron chi connectivity index (χ2n) is 4.02. The van der Waals surface area contributed by atoms with Gasteiger partial charge >= 0.3 is 0 Å². The van der Waals surface area contributed by atoms with Crippen molar-refractivity contribution in [3.05, 3.63) is 47.8 Å². The summed E-state index contributed by atoms with van der Waals surface area (Å²) in [6.45, 7) is 5.05. The van der Waals surface area contributed by atoms with E-state index in [4.69, 9.17) is 0 Å². The molecular weight excluding hydrogens is 212 g/mol. The molecule has 0 spiro atoms. The maximum Gasteiger partial charge on any atom is 0.130 e. The van der Waals surface area contributed by atoms with Crippen LogP contribution in [0.4, 0.5) is 0 Å². The summed E-state index contributed by atoms with van der Waals surface area (Å²) < 4.78 is 2.15. The van der Waals surface area contributed by atoms with Gasteiger partial charge in [-0.2, -0.15) is 0 Å². The van der Waals surface area contributed by atoms with Crippen LogP contribution in [0.3, 0.4) is 0 Å². The van der Waals surface area contributed by atoms with Crippen molar-refractivity contribution in [1.29, 1.82) is 0 Å². The summed E-state index contributed by atoms with van der Waals surface area (Å²) in [5, 5.41) is 3.31. The first-order valence-corrected chi connectivity index (χ1v) is 5.87. The fraction of sp³-hybridized carbons (Fsp3) is 0.385. The molecule has 0 aromatic carbocycles. The Labute approximate surface area is 102 Å². The van der Waals surface area contributed by atoms with Gasteiger partial charge in [0.15, 0.2) is 0 Å². The van der Waals surface area contributed by atoms with Gasteiger partial charge in [0.05, 0.1) is 6.04 Å². The summed E-state index contributed by atoms with van der Waals surface area (Å²) in [5.41, 5.74) is 2.22. The van der Waals surface area contributed by atoms with Crippen molar-refractivity contribution in [2.45, 2.75) is 26.4 Å². The zero-order chi connectivity index (χ0) is 12.3. The van der Waals surface area contributed by atoms with Gasteiger partial charge in [-0.25, -0.2) is 4.98 Å². The molecule has 2 aromatic rings. The fourth-order valence-electron chi connectivity index (χ4n) is 2.04. The fourth-order valence-corrected chi connectivity index (χ4v) is 2.04. The number of imidazole rings is 1. The summed E-state index contributed by atoms with van der Waals surface area (Å²) in [7, 11) is 1.95. The van der Waals surface area contributed by atoms with Gasteiger partial charge in [-0.3, -0.25) is 4.98 Å². The molecule has 0 saturated carbocycles. The normalized spacial score (nSPS) is 12.6. The summed E-state index contributed by atoms with van der Waals surface area (Å²) in [6, 6.07) is 4.24. The van der Waals surface area contributed by atoms with E-state index in [1.807, 2.05) is 38.6 Å². The second kappa shape index (κ2) is 5.10.